The molecule has 4 heteroatoms. The maximum absolute atomic E-state index is 6.46. The summed E-state index contributed by atoms with van der Waals surface area (Å²) in [6.45, 7) is 1.99. The fourth-order valence-electron chi connectivity index (χ4n) is 3.08. The second-order valence-corrected chi connectivity index (χ2v) is 6.86. The number of hydrogen-bond acceptors (Lipinski definition) is 4. The molecule has 0 amide bonds. The lowest BCUT2D eigenvalue weighted by Crippen LogP contribution is -2.54. The molecule has 4 rings (SSSR count). The minimum atomic E-state index is -0.496. The average molecular weight is 361 g/mol. The molecule has 0 aliphatic carbocycles. The van der Waals surface area contributed by atoms with Crippen molar-refractivity contribution in [1.82, 2.24) is 0 Å². The number of hydrogen-bond donors (Lipinski definition) is 1. The monoisotopic (exact) mass is 361 g/mol. The predicted molar refractivity (Wildman–Crippen MR) is 105 cm³/mol. The first-order chi connectivity index (χ1) is 13.2. The first kappa shape index (κ1) is 17.6. The topological polar surface area (TPSA) is 53.7 Å². The van der Waals surface area contributed by atoms with E-state index >= 15 is 0 Å². The molecule has 0 unspecified atom stereocenters. The van der Waals surface area contributed by atoms with Crippen molar-refractivity contribution in [2.45, 2.75) is 18.8 Å². The minimum absolute atomic E-state index is 0.479. The number of benzene rings is 3. The van der Waals surface area contributed by atoms with E-state index in [2.05, 4.69) is 0 Å². The lowest BCUT2D eigenvalue weighted by atomic mass is 9.88. The van der Waals surface area contributed by atoms with Crippen LogP contribution in [0.5, 0.6) is 11.5 Å². The lowest BCUT2D eigenvalue weighted by molar-refractivity contribution is -0.0581. The zero-order chi connectivity index (χ0) is 18.5. The van der Waals surface area contributed by atoms with E-state index in [9.17, 15) is 0 Å². The molecule has 27 heavy (non-hydrogen) atoms. The van der Waals surface area contributed by atoms with Gasteiger partial charge in [-0.2, -0.15) is 0 Å². The second-order valence-electron chi connectivity index (χ2n) is 6.86. The molecular weight excluding hydrogens is 338 g/mol. The summed E-state index contributed by atoms with van der Waals surface area (Å²) in [6.07, 6.45) is 0. The summed E-state index contributed by atoms with van der Waals surface area (Å²) in [4.78, 5) is 0. The van der Waals surface area contributed by atoms with E-state index in [0.29, 0.717) is 26.4 Å². The molecule has 3 aromatic carbocycles. The Morgan fingerprint density at radius 1 is 0.778 bits per heavy atom. The quantitative estimate of drug-likeness (QED) is 0.690. The minimum Gasteiger partial charge on any atom is -0.489 e. The van der Waals surface area contributed by atoms with Crippen LogP contribution in [-0.4, -0.2) is 13.2 Å². The van der Waals surface area contributed by atoms with Gasteiger partial charge in [0.2, 0.25) is 0 Å². The molecule has 1 fully saturated rings. The molecular formula is C23H23NO3. The van der Waals surface area contributed by atoms with E-state index < -0.39 is 5.54 Å². The maximum Gasteiger partial charge on any atom is 0.128 e. The molecule has 0 saturated carbocycles. The van der Waals surface area contributed by atoms with Crippen LogP contribution in [0.15, 0.2) is 78.9 Å². The molecule has 0 radical (unpaired) electrons. The van der Waals surface area contributed by atoms with E-state index in [4.69, 9.17) is 19.9 Å². The molecule has 3 aromatic rings. The third-order valence-electron chi connectivity index (χ3n) is 4.69. The third-order valence-corrected chi connectivity index (χ3v) is 4.69. The number of rotatable bonds is 7. The Morgan fingerprint density at radius 2 is 1.37 bits per heavy atom. The second kappa shape index (κ2) is 7.82. The van der Waals surface area contributed by atoms with Crippen molar-refractivity contribution in [3.05, 3.63) is 95.6 Å². The van der Waals surface area contributed by atoms with Crippen LogP contribution in [0.3, 0.4) is 0 Å². The Kier molecular flexibility index (Phi) is 5.10. The molecule has 138 valence electrons. The summed E-state index contributed by atoms with van der Waals surface area (Å²) >= 11 is 0. The Morgan fingerprint density at radius 3 is 1.93 bits per heavy atom. The van der Waals surface area contributed by atoms with Gasteiger partial charge in [-0.1, -0.05) is 60.7 Å². The van der Waals surface area contributed by atoms with Crippen molar-refractivity contribution in [1.29, 1.82) is 0 Å². The number of nitrogens with two attached hydrogens (primary N) is 1. The van der Waals surface area contributed by atoms with Crippen LogP contribution in [0.25, 0.3) is 0 Å². The van der Waals surface area contributed by atoms with Crippen molar-refractivity contribution in [2.24, 2.45) is 5.73 Å². The van der Waals surface area contributed by atoms with Gasteiger partial charge in [0.05, 0.1) is 18.8 Å². The van der Waals surface area contributed by atoms with Gasteiger partial charge in [-0.3, -0.25) is 0 Å². The van der Waals surface area contributed by atoms with Crippen molar-refractivity contribution in [3.63, 3.8) is 0 Å². The molecule has 4 nitrogen and oxygen atoms in total. The molecule has 2 N–H and O–H groups in total. The summed E-state index contributed by atoms with van der Waals surface area (Å²) in [6, 6.07) is 26.0. The summed E-state index contributed by atoms with van der Waals surface area (Å²) < 4.78 is 17.4. The molecule has 1 saturated heterocycles. The molecule has 1 heterocycles. The normalized spacial score (nSPS) is 15.0. The Labute approximate surface area is 159 Å². The largest absolute Gasteiger partial charge is 0.489 e. The summed E-state index contributed by atoms with van der Waals surface area (Å²) in [5, 5.41) is 0. The zero-order valence-electron chi connectivity index (χ0n) is 15.1. The van der Waals surface area contributed by atoms with Gasteiger partial charge in [0.1, 0.15) is 24.7 Å². The van der Waals surface area contributed by atoms with E-state index in [1.54, 1.807) is 0 Å². The highest BCUT2D eigenvalue weighted by molar-refractivity contribution is 5.46. The van der Waals surface area contributed by atoms with Gasteiger partial charge in [0, 0.05) is 11.6 Å². The average Bonchev–Trinajstić information content (AvgIpc) is 2.70. The molecule has 1 aliphatic heterocycles. The molecule has 0 spiro atoms. The van der Waals surface area contributed by atoms with Gasteiger partial charge in [0.15, 0.2) is 0 Å². The Bertz CT molecular complexity index is 877. The van der Waals surface area contributed by atoms with Crippen LogP contribution in [0.1, 0.15) is 16.7 Å². The molecule has 0 bridgehead atoms. The molecule has 1 aliphatic rings. The highest BCUT2D eigenvalue weighted by Crippen LogP contribution is 2.36. The van der Waals surface area contributed by atoms with Gasteiger partial charge in [-0.25, -0.2) is 0 Å². The maximum atomic E-state index is 6.46. The predicted octanol–water partition coefficient (Wildman–Crippen LogP) is 4.03. The molecule has 0 atom stereocenters. The Balaban J connectivity index is 1.53. The summed E-state index contributed by atoms with van der Waals surface area (Å²) in [5.41, 5.74) is 9.15. The lowest BCUT2D eigenvalue weighted by Gasteiger charge is -2.39. The van der Waals surface area contributed by atoms with Gasteiger partial charge in [0.25, 0.3) is 0 Å². The van der Waals surface area contributed by atoms with Crippen LogP contribution >= 0.6 is 0 Å². The standard InChI is InChI=1S/C23H23NO3/c24-23(16-25-17-23)21-12-11-20(26-14-18-7-3-1-4-8-18)13-22(21)27-15-19-9-5-2-6-10-19/h1-13H,14-17,24H2. The van der Waals surface area contributed by atoms with Gasteiger partial charge >= 0.3 is 0 Å². The van der Waals surface area contributed by atoms with Gasteiger partial charge in [-0.15, -0.1) is 0 Å². The van der Waals surface area contributed by atoms with Crippen LogP contribution in [0, 0.1) is 0 Å². The fraction of sp³-hybridized carbons (Fsp3) is 0.217. The summed E-state index contributed by atoms with van der Waals surface area (Å²) in [7, 11) is 0. The highest BCUT2D eigenvalue weighted by atomic mass is 16.5. The Hall–Kier alpha value is -2.82. The first-order valence-corrected chi connectivity index (χ1v) is 9.08. The van der Waals surface area contributed by atoms with Crippen LogP contribution in [0.4, 0.5) is 0 Å². The highest BCUT2D eigenvalue weighted by Gasteiger charge is 2.38. The smallest absolute Gasteiger partial charge is 0.128 e. The number of ether oxygens (including phenoxy) is 3. The van der Waals surface area contributed by atoms with Crippen molar-refractivity contribution < 1.29 is 14.2 Å². The van der Waals surface area contributed by atoms with Gasteiger partial charge < -0.3 is 19.9 Å². The fourth-order valence-corrected chi connectivity index (χ4v) is 3.08. The van der Waals surface area contributed by atoms with Crippen molar-refractivity contribution in [2.75, 3.05) is 13.2 Å². The SMILES string of the molecule is NC1(c2ccc(OCc3ccccc3)cc2OCc2ccccc2)COC1. The third kappa shape index (κ3) is 4.13. The van der Waals surface area contributed by atoms with E-state index in [1.165, 1.54) is 0 Å². The summed E-state index contributed by atoms with van der Waals surface area (Å²) in [5.74, 6) is 1.50. The van der Waals surface area contributed by atoms with E-state index in [-0.39, 0.29) is 0 Å². The van der Waals surface area contributed by atoms with Crippen LogP contribution in [-0.2, 0) is 23.5 Å². The van der Waals surface area contributed by atoms with Crippen LogP contribution < -0.4 is 15.2 Å². The van der Waals surface area contributed by atoms with E-state index in [1.807, 2.05) is 78.9 Å². The van der Waals surface area contributed by atoms with E-state index in [0.717, 1.165) is 28.2 Å². The van der Waals surface area contributed by atoms with Gasteiger partial charge in [-0.05, 0) is 23.3 Å². The van der Waals surface area contributed by atoms with Crippen molar-refractivity contribution >= 4 is 0 Å². The molecule has 0 aromatic heterocycles. The van der Waals surface area contributed by atoms with Crippen LogP contribution in [0.2, 0.25) is 0 Å². The first-order valence-electron chi connectivity index (χ1n) is 9.08. The zero-order valence-corrected chi connectivity index (χ0v) is 15.1. The van der Waals surface area contributed by atoms with Crippen molar-refractivity contribution in [3.8, 4) is 11.5 Å².